The van der Waals surface area contributed by atoms with Crippen LogP contribution >= 0.6 is 23.2 Å². The Labute approximate surface area is 213 Å². The van der Waals surface area contributed by atoms with E-state index in [0.29, 0.717) is 27.7 Å². The Morgan fingerprint density at radius 3 is 2.26 bits per heavy atom. The lowest BCUT2D eigenvalue weighted by Gasteiger charge is -2.16. The molecule has 0 saturated heterocycles. The lowest BCUT2D eigenvalue weighted by Crippen LogP contribution is -2.32. The van der Waals surface area contributed by atoms with Crippen molar-refractivity contribution in [2.45, 2.75) is 26.7 Å². The summed E-state index contributed by atoms with van der Waals surface area (Å²) in [5.74, 6) is -1.30. The van der Waals surface area contributed by atoms with Crippen molar-refractivity contribution in [3.8, 4) is 5.75 Å². The number of benzene rings is 3. The van der Waals surface area contributed by atoms with E-state index in [-0.39, 0.29) is 10.7 Å². The summed E-state index contributed by atoms with van der Waals surface area (Å²) in [4.78, 5) is 39.1. The zero-order chi connectivity index (χ0) is 25.1. The molecule has 0 bridgehead atoms. The van der Waals surface area contributed by atoms with E-state index >= 15 is 0 Å². The van der Waals surface area contributed by atoms with Crippen LogP contribution in [0.15, 0.2) is 77.5 Å². The molecule has 0 unspecified atom stereocenters. The molecule has 6 nitrogen and oxygen atoms in total. The molecule has 0 fully saturated rings. The quantitative estimate of drug-likeness (QED) is 0.231. The number of imide groups is 1. The van der Waals surface area contributed by atoms with Gasteiger partial charge in [0.05, 0.1) is 11.3 Å². The van der Waals surface area contributed by atoms with Crippen LogP contribution in [0.3, 0.4) is 0 Å². The van der Waals surface area contributed by atoms with Crippen molar-refractivity contribution < 1.29 is 19.1 Å². The minimum atomic E-state index is -0.649. The summed E-state index contributed by atoms with van der Waals surface area (Å²) < 4.78 is 5.43. The first-order chi connectivity index (χ1) is 16.8. The van der Waals surface area contributed by atoms with E-state index in [1.807, 2.05) is 19.1 Å². The summed E-state index contributed by atoms with van der Waals surface area (Å²) in [7, 11) is 0. The van der Waals surface area contributed by atoms with Gasteiger partial charge in [0, 0.05) is 10.7 Å². The van der Waals surface area contributed by atoms with Gasteiger partial charge < -0.3 is 10.1 Å². The van der Waals surface area contributed by atoms with E-state index in [4.69, 9.17) is 27.9 Å². The van der Waals surface area contributed by atoms with Crippen molar-refractivity contribution in [3.05, 3.63) is 99.2 Å². The van der Waals surface area contributed by atoms with E-state index in [1.165, 1.54) is 11.6 Å². The van der Waals surface area contributed by atoms with Crippen LogP contribution in [-0.4, -0.2) is 17.8 Å². The third kappa shape index (κ3) is 5.24. The number of rotatable bonds is 7. The molecule has 1 aliphatic rings. The summed E-state index contributed by atoms with van der Waals surface area (Å²) in [6, 6.07) is 18.6. The lowest BCUT2D eigenvalue weighted by atomic mass is 10.1. The Bertz CT molecular complexity index is 1330. The number of hydrogen-bond acceptors (Lipinski definition) is 5. The standard InChI is InChI=1S/C27H22Cl2N2O4/c1-3-4-17-6-13-21(14-7-17)35-27(34)18-8-10-19(11-9-18)30-24-23(29)25(32)31(26(24)33)20-12-5-16(2)22(28)15-20/h5-15,30H,3-4H2,1-2H3. The van der Waals surface area contributed by atoms with Crippen molar-refractivity contribution in [1.29, 1.82) is 0 Å². The summed E-state index contributed by atoms with van der Waals surface area (Å²) in [5.41, 5.74) is 3.07. The fraction of sp³-hybridized carbons (Fsp3) is 0.148. The first kappa shape index (κ1) is 24.5. The summed E-state index contributed by atoms with van der Waals surface area (Å²) in [6.07, 6.45) is 2.01. The third-order valence-electron chi connectivity index (χ3n) is 5.50. The Hall–Kier alpha value is -3.61. The molecule has 3 aromatic rings. The maximum Gasteiger partial charge on any atom is 0.343 e. The largest absolute Gasteiger partial charge is 0.423 e. The molecule has 8 heteroatoms. The number of carbonyl (C=O) groups is 3. The number of ether oxygens (including phenoxy) is 1. The molecule has 0 atom stereocenters. The monoisotopic (exact) mass is 508 g/mol. The maximum absolute atomic E-state index is 13.0. The highest BCUT2D eigenvalue weighted by atomic mass is 35.5. The number of aryl methyl sites for hydroxylation is 2. The fourth-order valence-electron chi connectivity index (χ4n) is 3.58. The summed E-state index contributed by atoms with van der Waals surface area (Å²) >= 11 is 12.3. The predicted molar refractivity (Wildman–Crippen MR) is 137 cm³/mol. The van der Waals surface area contributed by atoms with Crippen LogP contribution in [0.2, 0.25) is 5.02 Å². The maximum atomic E-state index is 13.0. The number of amides is 2. The van der Waals surface area contributed by atoms with E-state index < -0.39 is 17.8 Å². The second-order valence-corrected chi connectivity index (χ2v) is 8.84. The van der Waals surface area contributed by atoms with Crippen molar-refractivity contribution in [1.82, 2.24) is 0 Å². The molecule has 0 aromatic heterocycles. The number of nitrogens with one attached hydrogen (secondary N) is 1. The number of hydrogen-bond donors (Lipinski definition) is 1. The average molecular weight is 509 g/mol. The zero-order valence-electron chi connectivity index (χ0n) is 19.1. The molecular formula is C27H22Cl2N2O4. The predicted octanol–water partition coefficient (Wildman–Crippen LogP) is 6.26. The van der Waals surface area contributed by atoms with Crippen molar-refractivity contribution in [2.75, 3.05) is 10.2 Å². The number of esters is 1. The van der Waals surface area contributed by atoms with Crippen LogP contribution in [-0.2, 0) is 16.0 Å². The van der Waals surface area contributed by atoms with Crippen LogP contribution in [0.5, 0.6) is 5.75 Å². The van der Waals surface area contributed by atoms with E-state index in [2.05, 4.69) is 12.2 Å². The van der Waals surface area contributed by atoms with Crippen molar-refractivity contribution in [3.63, 3.8) is 0 Å². The molecule has 178 valence electrons. The molecule has 2 amide bonds. The highest BCUT2D eigenvalue weighted by molar-refractivity contribution is 6.53. The molecule has 1 heterocycles. The first-order valence-corrected chi connectivity index (χ1v) is 11.8. The average Bonchev–Trinajstić information content (AvgIpc) is 3.06. The Balaban J connectivity index is 1.45. The highest BCUT2D eigenvalue weighted by Gasteiger charge is 2.39. The molecule has 0 saturated carbocycles. The van der Waals surface area contributed by atoms with Gasteiger partial charge in [0.25, 0.3) is 11.8 Å². The van der Waals surface area contributed by atoms with Gasteiger partial charge in [0.1, 0.15) is 16.5 Å². The minimum absolute atomic E-state index is 0.0594. The van der Waals surface area contributed by atoms with Gasteiger partial charge in [-0.3, -0.25) is 9.59 Å². The van der Waals surface area contributed by atoms with E-state index in [1.54, 1.807) is 48.5 Å². The van der Waals surface area contributed by atoms with Crippen molar-refractivity contribution >= 4 is 52.4 Å². The van der Waals surface area contributed by atoms with Gasteiger partial charge in [0.15, 0.2) is 0 Å². The minimum Gasteiger partial charge on any atom is -0.423 e. The number of carbonyl (C=O) groups excluding carboxylic acids is 3. The molecular weight excluding hydrogens is 487 g/mol. The number of anilines is 2. The Morgan fingerprint density at radius 2 is 1.63 bits per heavy atom. The van der Waals surface area contributed by atoms with Crippen LogP contribution < -0.4 is 15.0 Å². The second kappa shape index (κ2) is 10.3. The molecule has 0 spiro atoms. The highest BCUT2D eigenvalue weighted by Crippen LogP contribution is 2.32. The Kier molecular flexibility index (Phi) is 7.24. The van der Waals surface area contributed by atoms with E-state index in [0.717, 1.165) is 23.3 Å². The van der Waals surface area contributed by atoms with E-state index in [9.17, 15) is 14.4 Å². The van der Waals surface area contributed by atoms with Gasteiger partial charge >= 0.3 is 5.97 Å². The molecule has 1 N–H and O–H groups in total. The smallest absolute Gasteiger partial charge is 0.343 e. The molecule has 3 aromatic carbocycles. The van der Waals surface area contributed by atoms with Crippen LogP contribution in [0.25, 0.3) is 0 Å². The van der Waals surface area contributed by atoms with Gasteiger partial charge in [-0.25, -0.2) is 9.69 Å². The van der Waals surface area contributed by atoms with Crippen molar-refractivity contribution in [2.24, 2.45) is 0 Å². The molecule has 35 heavy (non-hydrogen) atoms. The fourth-order valence-corrected chi connectivity index (χ4v) is 3.97. The summed E-state index contributed by atoms with van der Waals surface area (Å²) in [5, 5.41) is 3.08. The van der Waals surface area contributed by atoms with Gasteiger partial charge in [-0.1, -0.05) is 54.7 Å². The summed E-state index contributed by atoms with van der Waals surface area (Å²) in [6.45, 7) is 3.92. The van der Waals surface area contributed by atoms with Gasteiger partial charge in [0.2, 0.25) is 0 Å². The first-order valence-electron chi connectivity index (χ1n) is 11.0. The van der Waals surface area contributed by atoms with Crippen LogP contribution in [0, 0.1) is 6.92 Å². The van der Waals surface area contributed by atoms with Crippen LogP contribution in [0.4, 0.5) is 11.4 Å². The molecule has 0 radical (unpaired) electrons. The van der Waals surface area contributed by atoms with Gasteiger partial charge in [-0.2, -0.15) is 0 Å². The van der Waals surface area contributed by atoms with Crippen LogP contribution in [0.1, 0.15) is 34.8 Å². The van der Waals surface area contributed by atoms with Gasteiger partial charge in [-0.05, 0) is 73.0 Å². The van der Waals surface area contributed by atoms with Gasteiger partial charge in [-0.15, -0.1) is 0 Å². The normalized spacial score (nSPS) is 13.4. The molecule has 4 rings (SSSR count). The lowest BCUT2D eigenvalue weighted by molar-refractivity contribution is -0.120. The SMILES string of the molecule is CCCc1ccc(OC(=O)c2ccc(NC3=C(Cl)C(=O)N(c4ccc(C)c(Cl)c4)C3=O)cc2)cc1. The number of nitrogens with zero attached hydrogens (tertiary/aromatic N) is 1. The number of halogens is 2. The molecule has 1 aliphatic heterocycles. The zero-order valence-corrected chi connectivity index (χ0v) is 20.6. The topological polar surface area (TPSA) is 75.7 Å². The second-order valence-electron chi connectivity index (χ2n) is 8.05. The molecule has 0 aliphatic carbocycles. The Morgan fingerprint density at radius 1 is 0.943 bits per heavy atom. The third-order valence-corrected chi connectivity index (χ3v) is 6.26.